The average molecular weight is 330 g/mol. The van der Waals surface area contributed by atoms with Gasteiger partial charge in [-0.3, -0.25) is 9.59 Å². The van der Waals surface area contributed by atoms with Crippen LogP contribution < -0.4 is 5.56 Å². The van der Waals surface area contributed by atoms with Gasteiger partial charge in [-0.25, -0.2) is 13.2 Å². The number of hydrogen-bond donors (Lipinski definition) is 0. The van der Waals surface area contributed by atoms with Crippen molar-refractivity contribution in [2.75, 3.05) is 0 Å². The van der Waals surface area contributed by atoms with Gasteiger partial charge in [-0.1, -0.05) is 11.6 Å². The van der Waals surface area contributed by atoms with E-state index >= 15 is 0 Å². The van der Waals surface area contributed by atoms with E-state index < -0.39 is 34.4 Å². The third-order valence-electron chi connectivity index (χ3n) is 3.18. The first-order valence-electron chi connectivity index (χ1n) is 6.37. The highest BCUT2D eigenvalue weighted by Crippen LogP contribution is 2.30. The van der Waals surface area contributed by atoms with Crippen molar-refractivity contribution in [3.8, 4) is 11.3 Å². The SMILES string of the molecule is CCn1c(-c2c(F)cc(F)cc2F)c(C(C)=O)cc(Cl)c1=O. The van der Waals surface area contributed by atoms with Gasteiger partial charge in [-0.15, -0.1) is 0 Å². The number of aromatic nitrogens is 1. The molecule has 0 radical (unpaired) electrons. The lowest BCUT2D eigenvalue weighted by Crippen LogP contribution is -2.24. The van der Waals surface area contributed by atoms with Gasteiger partial charge in [0.25, 0.3) is 5.56 Å². The molecule has 0 saturated carbocycles. The van der Waals surface area contributed by atoms with Crippen molar-refractivity contribution in [3.63, 3.8) is 0 Å². The molecule has 2 aromatic rings. The van der Waals surface area contributed by atoms with E-state index in [1.165, 1.54) is 6.92 Å². The second-order valence-corrected chi connectivity index (χ2v) is 5.01. The smallest absolute Gasteiger partial charge is 0.269 e. The molecule has 0 aliphatic rings. The molecule has 0 aliphatic heterocycles. The zero-order valence-electron chi connectivity index (χ0n) is 11.7. The summed E-state index contributed by atoms with van der Waals surface area (Å²) in [4.78, 5) is 23.8. The van der Waals surface area contributed by atoms with Gasteiger partial charge in [0.05, 0.1) is 11.3 Å². The predicted octanol–water partition coefficient (Wildman–Crippen LogP) is 3.81. The van der Waals surface area contributed by atoms with Gasteiger partial charge < -0.3 is 4.57 Å². The summed E-state index contributed by atoms with van der Waals surface area (Å²) < 4.78 is 42.2. The third kappa shape index (κ3) is 2.66. The van der Waals surface area contributed by atoms with E-state index in [2.05, 4.69) is 0 Å². The average Bonchev–Trinajstić information content (AvgIpc) is 2.41. The normalized spacial score (nSPS) is 10.8. The number of carbonyl (C=O) groups excluding carboxylic acids is 1. The molecule has 0 aliphatic carbocycles. The summed E-state index contributed by atoms with van der Waals surface area (Å²) in [6.45, 7) is 2.77. The Bertz CT molecular complexity index is 807. The maximum absolute atomic E-state index is 14.0. The number of Topliss-reactive ketones (excluding diaryl/α,β-unsaturated/α-hetero) is 1. The highest BCUT2D eigenvalue weighted by molar-refractivity contribution is 6.31. The minimum Gasteiger partial charge on any atom is -0.306 e. The van der Waals surface area contributed by atoms with E-state index in [0.29, 0.717) is 12.1 Å². The lowest BCUT2D eigenvalue weighted by molar-refractivity contribution is 0.101. The van der Waals surface area contributed by atoms with E-state index in [9.17, 15) is 22.8 Å². The molecule has 0 saturated heterocycles. The molecule has 0 spiro atoms. The first kappa shape index (κ1) is 16.3. The molecule has 22 heavy (non-hydrogen) atoms. The van der Waals surface area contributed by atoms with Crippen molar-refractivity contribution in [3.05, 3.63) is 56.6 Å². The van der Waals surface area contributed by atoms with E-state index in [1.807, 2.05) is 0 Å². The Morgan fingerprint density at radius 1 is 1.18 bits per heavy atom. The second-order valence-electron chi connectivity index (χ2n) is 4.60. The summed E-state index contributed by atoms with van der Waals surface area (Å²) in [5.41, 5.74) is -1.69. The number of benzene rings is 1. The van der Waals surface area contributed by atoms with Crippen LogP contribution in [0.1, 0.15) is 24.2 Å². The molecule has 3 nitrogen and oxygen atoms in total. The standard InChI is InChI=1S/C15H11ClF3NO2/c1-3-20-14(9(7(2)21)6-10(16)15(20)22)13-11(18)4-8(17)5-12(13)19/h4-6H,3H2,1-2H3. The largest absolute Gasteiger partial charge is 0.306 e. The molecular formula is C15H11ClF3NO2. The summed E-state index contributed by atoms with van der Waals surface area (Å²) in [7, 11) is 0. The summed E-state index contributed by atoms with van der Waals surface area (Å²) in [6, 6.07) is 2.04. The van der Waals surface area contributed by atoms with Gasteiger partial charge in [-0.2, -0.15) is 0 Å². The zero-order chi connectivity index (χ0) is 16.6. The van der Waals surface area contributed by atoms with Gasteiger partial charge >= 0.3 is 0 Å². The van der Waals surface area contributed by atoms with Crippen LogP contribution >= 0.6 is 11.6 Å². The fraction of sp³-hybridized carbons (Fsp3) is 0.200. The Labute approximate surface area is 129 Å². The van der Waals surface area contributed by atoms with E-state index in [0.717, 1.165) is 10.6 Å². The Hall–Kier alpha value is -2.08. The van der Waals surface area contributed by atoms with Crippen LogP contribution in [0.5, 0.6) is 0 Å². The maximum atomic E-state index is 14.0. The number of pyridine rings is 1. The quantitative estimate of drug-likeness (QED) is 0.803. The molecule has 0 bridgehead atoms. The first-order chi connectivity index (χ1) is 10.3. The van der Waals surface area contributed by atoms with Gasteiger partial charge in [0.15, 0.2) is 5.78 Å². The zero-order valence-corrected chi connectivity index (χ0v) is 12.5. The maximum Gasteiger partial charge on any atom is 0.269 e. The molecule has 0 amide bonds. The van der Waals surface area contributed by atoms with Crippen molar-refractivity contribution >= 4 is 17.4 Å². The number of hydrogen-bond acceptors (Lipinski definition) is 2. The number of nitrogens with zero attached hydrogens (tertiary/aromatic N) is 1. The van der Waals surface area contributed by atoms with Crippen molar-refractivity contribution in [2.45, 2.75) is 20.4 Å². The second kappa shape index (κ2) is 5.96. The number of carbonyl (C=O) groups is 1. The highest BCUT2D eigenvalue weighted by atomic mass is 35.5. The van der Waals surface area contributed by atoms with Crippen molar-refractivity contribution in [2.24, 2.45) is 0 Å². The molecule has 7 heteroatoms. The predicted molar refractivity (Wildman–Crippen MR) is 76.7 cm³/mol. The van der Waals surface area contributed by atoms with Crippen LogP contribution in [-0.4, -0.2) is 10.4 Å². The van der Waals surface area contributed by atoms with E-state index in [-0.39, 0.29) is 22.8 Å². The molecular weight excluding hydrogens is 319 g/mol. The molecule has 1 aromatic heterocycles. The summed E-state index contributed by atoms with van der Waals surface area (Å²) >= 11 is 5.77. The van der Waals surface area contributed by atoms with Gasteiger partial charge in [0, 0.05) is 24.2 Å². The van der Waals surface area contributed by atoms with Crippen LogP contribution in [0.4, 0.5) is 13.2 Å². The van der Waals surface area contributed by atoms with Gasteiger partial charge in [-0.05, 0) is 19.9 Å². The third-order valence-corrected chi connectivity index (χ3v) is 3.46. The van der Waals surface area contributed by atoms with Crippen LogP contribution in [0.25, 0.3) is 11.3 Å². The van der Waals surface area contributed by atoms with Crippen molar-refractivity contribution < 1.29 is 18.0 Å². The fourth-order valence-corrected chi connectivity index (χ4v) is 2.45. The minimum absolute atomic E-state index is 0.0330. The number of rotatable bonds is 3. The monoisotopic (exact) mass is 329 g/mol. The highest BCUT2D eigenvalue weighted by Gasteiger charge is 2.23. The van der Waals surface area contributed by atoms with Crippen molar-refractivity contribution in [1.29, 1.82) is 0 Å². The molecule has 0 unspecified atom stereocenters. The fourth-order valence-electron chi connectivity index (χ4n) is 2.24. The van der Waals surface area contributed by atoms with Crippen LogP contribution in [0.15, 0.2) is 23.0 Å². The summed E-state index contributed by atoms with van der Waals surface area (Å²) in [6.07, 6.45) is 0. The summed E-state index contributed by atoms with van der Waals surface area (Å²) in [5, 5.41) is -0.237. The van der Waals surface area contributed by atoms with Gasteiger partial charge in [0.1, 0.15) is 22.5 Å². The van der Waals surface area contributed by atoms with Crippen molar-refractivity contribution in [1.82, 2.24) is 4.57 Å². The van der Waals surface area contributed by atoms with E-state index in [4.69, 9.17) is 11.6 Å². The topological polar surface area (TPSA) is 39.1 Å². The molecule has 1 heterocycles. The first-order valence-corrected chi connectivity index (χ1v) is 6.74. The Balaban J connectivity index is 3.00. The number of halogens is 4. The van der Waals surface area contributed by atoms with Crippen LogP contribution in [0.3, 0.4) is 0 Å². The Kier molecular flexibility index (Phi) is 4.42. The Morgan fingerprint density at radius 2 is 1.73 bits per heavy atom. The molecule has 116 valence electrons. The Morgan fingerprint density at radius 3 is 2.18 bits per heavy atom. The lowest BCUT2D eigenvalue weighted by atomic mass is 10.0. The molecule has 0 atom stereocenters. The van der Waals surface area contributed by atoms with Crippen LogP contribution in [0.2, 0.25) is 5.02 Å². The number of ketones is 1. The molecule has 0 fully saturated rings. The van der Waals surface area contributed by atoms with Gasteiger partial charge in [0.2, 0.25) is 0 Å². The van der Waals surface area contributed by atoms with Crippen LogP contribution in [0, 0.1) is 17.5 Å². The summed E-state index contributed by atoms with van der Waals surface area (Å²) in [5.74, 6) is -4.03. The van der Waals surface area contributed by atoms with Crippen LogP contribution in [-0.2, 0) is 6.54 Å². The minimum atomic E-state index is -1.20. The lowest BCUT2D eigenvalue weighted by Gasteiger charge is -2.16. The molecule has 0 N–H and O–H groups in total. The molecule has 2 rings (SSSR count). The molecule has 1 aromatic carbocycles. The van der Waals surface area contributed by atoms with E-state index in [1.54, 1.807) is 6.92 Å².